The molecule has 1 aromatic rings. The van der Waals surface area contributed by atoms with E-state index < -0.39 is 0 Å². The molecule has 2 heterocycles. The topological polar surface area (TPSA) is 56.1 Å². The normalized spacial score (nSPS) is 34.1. The predicted molar refractivity (Wildman–Crippen MR) is 77.7 cm³/mol. The summed E-state index contributed by atoms with van der Waals surface area (Å²) in [6, 6.07) is 2.87. The first-order chi connectivity index (χ1) is 10.3. The zero-order valence-electron chi connectivity index (χ0n) is 12.3. The lowest BCUT2D eigenvalue weighted by molar-refractivity contribution is -0.152. The number of ether oxygens (including phenoxy) is 1. The van der Waals surface area contributed by atoms with Crippen LogP contribution in [0.4, 0.5) is 0 Å². The SMILES string of the molecule is O=C1OC(CN[C@@H]2CCC[C@@H]2n2cccn2)CC12CCC2. The molecular weight excluding hydrogens is 266 g/mol. The Morgan fingerprint density at radius 1 is 1.38 bits per heavy atom. The van der Waals surface area contributed by atoms with Crippen LogP contribution in [-0.4, -0.2) is 34.4 Å². The van der Waals surface area contributed by atoms with Crippen molar-refractivity contribution in [2.45, 2.75) is 63.1 Å². The second kappa shape index (κ2) is 5.13. The van der Waals surface area contributed by atoms with Gasteiger partial charge in [0.2, 0.25) is 0 Å². The Bertz CT molecular complexity index is 510. The lowest BCUT2D eigenvalue weighted by Gasteiger charge is -2.33. The van der Waals surface area contributed by atoms with Crippen molar-refractivity contribution in [2.75, 3.05) is 6.54 Å². The van der Waals surface area contributed by atoms with E-state index >= 15 is 0 Å². The molecule has 1 spiro atoms. The summed E-state index contributed by atoms with van der Waals surface area (Å²) >= 11 is 0. The minimum atomic E-state index is -0.108. The molecular formula is C16H23N3O2. The highest BCUT2D eigenvalue weighted by atomic mass is 16.6. The third kappa shape index (κ3) is 2.27. The van der Waals surface area contributed by atoms with Crippen molar-refractivity contribution in [3.63, 3.8) is 0 Å². The maximum absolute atomic E-state index is 12.0. The van der Waals surface area contributed by atoms with E-state index in [0.717, 1.165) is 25.8 Å². The van der Waals surface area contributed by atoms with Gasteiger partial charge in [-0.1, -0.05) is 6.42 Å². The van der Waals surface area contributed by atoms with Crippen LogP contribution in [0.3, 0.4) is 0 Å². The number of aromatic nitrogens is 2. The highest BCUT2D eigenvalue weighted by molar-refractivity contribution is 5.80. The van der Waals surface area contributed by atoms with Crippen LogP contribution < -0.4 is 5.32 Å². The van der Waals surface area contributed by atoms with Crippen molar-refractivity contribution in [3.05, 3.63) is 18.5 Å². The lowest BCUT2D eigenvalue weighted by atomic mass is 9.67. The molecule has 0 radical (unpaired) electrons. The van der Waals surface area contributed by atoms with Crippen LogP contribution in [0.25, 0.3) is 0 Å². The molecule has 2 aliphatic carbocycles. The summed E-state index contributed by atoms with van der Waals surface area (Å²) in [6.07, 6.45) is 11.7. The van der Waals surface area contributed by atoms with Gasteiger partial charge in [0.05, 0.1) is 11.5 Å². The Kier molecular flexibility index (Phi) is 3.25. The molecule has 114 valence electrons. The van der Waals surface area contributed by atoms with Crippen molar-refractivity contribution in [1.29, 1.82) is 0 Å². The molecule has 0 aromatic carbocycles. The van der Waals surface area contributed by atoms with Crippen molar-refractivity contribution in [2.24, 2.45) is 5.41 Å². The summed E-state index contributed by atoms with van der Waals surface area (Å²) in [6.45, 7) is 0.788. The summed E-state index contributed by atoms with van der Waals surface area (Å²) in [7, 11) is 0. The number of hydrogen-bond donors (Lipinski definition) is 1. The van der Waals surface area contributed by atoms with Gasteiger partial charge in [-0.25, -0.2) is 0 Å². The van der Waals surface area contributed by atoms with E-state index in [1.54, 1.807) is 0 Å². The summed E-state index contributed by atoms with van der Waals surface area (Å²) in [4.78, 5) is 12.0. The molecule has 3 fully saturated rings. The van der Waals surface area contributed by atoms with E-state index in [4.69, 9.17) is 4.74 Å². The molecule has 5 heteroatoms. The molecule has 1 N–H and O–H groups in total. The minimum absolute atomic E-state index is 0.0515. The van der Waals surface area contributed by atoms with E-state index in [1.165, 1.54) is 25.7 Å². The van der Waals surface area contributed by atoms with E-state index in [-0.39, 0.29) is 17.5 Å². The Labute approximate surface area is 125 Å². The summed E-state index contributed by atoms with van der Waals surface area (Å²) in [5.74, 6) is 0.0515. The quantitative estimate of drug-likeness (QED) is 0.862. The van der Waals surface area contributed by atoms with Crippen LogP contribution in [0.2, 0.25) is 0 Å². The zero-order chi connectivity index (χ0) is 14.3. The van der Waals surface area contributed by atoms with Gasteiger partial charge in [0.15, 0.2) is 0 Å². The molecule has 21 heavy (non-hydrogen) atoms. The number of rotatable bonds is 4. The van der Waals surface area contributed by atoms with Gasteiger partial charge >= 0.3 is 5.97 Å². The monoisotopic (exact) mass is 289 g/mol. The molecule has 3 atom stereocenters. The van der Waals surface area contributed by atoms with E-state index in [1.807, 2.05) is 18.5 Å². The highest BCUT2D eigenvalue weighted by Gasteiger charge is 2.52. The average molecular weight is 289 g/mol. The highest BCUT2D eigenvalue weighted by Crippen LogP contribution is 2.50. The van der Waals surface area contributed by atoms with Crippen molar-refractivity contribution in [3.8, 4) is 0 Å². The molecule has 1 aromatic heterocycles. The van der Waals surface area contributed by atoms with Crippen LogP contribution in [0.15, 0.2) is 18.5 Å². The first-order valence-corrected chi connectivity index (χ1v) is 8.20. The lowest BCUT2D eigenvalue weighted by Crippen LogP contribution is -2.39. The van der Waals surface area contributed by atoms with Crippen LogP contribution in [-0.2, 0) is 9.53 Å². The molecule has 1 saturated heterocycles. The minimum Gasteiger partial charge on any atom is -0.461 e. The Morgan fingerprint density at radius 3 is 2.95 bits per heavy atom. The van der Waals surface area contributed by atoms with Gasteiger partial charge in [-0.05, 0) is 38.2 Å². The molecule has 5 nitrogen and oxygen atoms in total. The van der Waals surface area contributed by atoms with Gasteiger partial charge in [-0.3, -0.25) is 9.48 Å². The number of cyclic esters (lactones) is 1. The Hall–Kier alpha value is -1.36. The van der Waals surface area contributed by atoms with Crippen molar-refractivity contribution in [1.82, 2.24) is 15.1 Å². The first-order valence-electron chi connectivity index (χ1n) is 8.20. The number of nitrogens with one attached hydrogen (secondary N) is 1. The summed E-state index contributed by atoms with van der Waals surface area (Å²) in [5.41, 5.74) is -0.108. The maximum atomic E-state index is 12.0. The Balaban J connectivity index is 1.34. The fourth-order valence-corrected chi connectivity index (χ4v) is 4.22. The van der Waals surface area contributed by atoms with Gasteiger partial charge in [-0.2, -0.15) is 5.10 Å². The van der Waals surface area contributed by atoms with E-state index in [9.17, 15) is 4.79 Å². The number of esters is 1. The van der Waals surface area contributed by atoms with Gasteiger partial charge in [0.25, 0.3) is 0 Å². The van der Waals surface area contributed by atoms with Gasteiger partial charge in [-0.15, -0.1) is 0 Å². The molecule has 4 rings (SSSR count). The van der Waals surface area contributed by atoms with Gasteiger partial charge < -0.3 is 10.1 Å². The maximum Gasteiger partial charge on any atom is 0.312 e. The first kappa shape index (κ1) is 13.3. The molecule has 1 unspecified atom stereocenters. The van der Waals surface area contributed by atoms with Crippen molar-refractivity contribution >= 4 is 5.97 Å². The fourth-order valence-electron chi connectivity index (χ4n) is 4.22. The molecule has 2 saturated carbocycles. The standard InChI is InChI=1S/C16H23N3O2/c20-15-16(6-2-7-16)10-12(21-15)11-17-13-4-1-5-14(13)19-9-3-8-18-19/h3,8-9,12-14,17H,1-2,4-7,10-11H2/t12?,13-,14+/m1/s1. The average Bonchev–Trinajstić information content (AvgIpc) is 3.14. The second-order valence-corrected chi connectivity index (χ2v) is 6.86. The molecule has 0 amide bonds. The number of nitrogens with zero attached hydrogens (tertiary/aromatic N) is 2. The van der Waals surface area contributed by atoms with E-state index in [2.05, 4.69) is 15.1 Å². The van der Waals surface area contributed by atoms with Crippen LogP contribution in [0.5, 0.6) is 0 Å². The fraction of sp³-hybridized carbons (Fsp3) is 0.750. The number of carbonyl (C=O) groups excluding carboxylic acids is 1. The molecule has 0 bridgehead atoms. The van der Waals surface area contributed by atoms with Gasteiger partial charge in [0.1, 0.15) is 6.10 Å². The predicted octanol–water partition coefficient (Wildman–Crippen LogP) is 2.05. The number of hydrogen-bond acceptors (Lipinski definition) is 4. The largest absolute Gasteiger partial charge is 0.461 e. The number of carbonyl (C=O) groups is 1. The van der Waals surface area contributed by atoms with Crippen LogP contribution in [0, 0.1) is 5.41 Å². The summed E-state index contributed by atoms with van der Waals surface area (Å²) in [5, 5.41) is 8.01. The second-order valence-electron chi connectivity index (χ2n) is 6.86. The summed E-state index contributed by atoms with van der Waals surface area (Å²) < 4.78 is 7.65. The van der Waals surface area contributed by atoms with Crippen LogP contribution >= 0.6 is 0 Å². The third-order valence-electron chi connectivity index (χ3n) is 5.59. The smallest absolute Gasteiger partial charge is 0.312 e. The molecule has 1 aliphatic heterocycles. The van der Waals surface area contributed by atoms with Crippen molar-refractivity contribution < 1.29 is 9.53 Å². The Morgan fingerprint density at radius 2 is 2.29 bits per heavy atom. The van der Waals surface area contributed by atoms with E-state index in [0.29, 0.717) is 12.1 Å². The zero-order valence-corrected chi connectivity index (χ0v) is 12.3. The van der Waals surface area contributed by atoms with Crippen LogP contribution in [0.1, 0.15) is 51.0 Å². The molecule has 3 aliphatic rings. The third-order valence-corrected chi connectivity index (χ3v) is 5.59. The van der Waals surface area contributed by atoms with Gasteiger partial charge in [0, 0.05) is 31.4 Å².